The highest BCUT2D eigenvalue weighted by Crippen LogP contribution is 2.28. The molecule has 9 nitrogen and oxygen atoms in total. The molecule has 1 atom stereocenters. The fourth-order valence-electron chi connectivity index (χ4n) is 2.74. The second kappa shape index (κ2) is 9.12. The molecule has 0 aliphatic rings. The summed E-state index contributed by atoms with van der Waals surface area (Å²) in [4.78, 5) is 13.7. The van der Waals surface area contributed by atoms with Crippen LogP contribution in [0.4, 0.5) is 11.5 Å². The summed E-state index contributed by atoms with van der Waals surface area (Å²) in [6.07, 6.45) is 1.47. The van der Waals surface area contributed by atoms with E-state index in [-0.39, 0.29) is 10.7 Å². The summed E-state index contributed by atoms with van der Waals surface area (Å²) < 4.78 is 51.9. The minimum atomic E-state index is -4.53. The molecular formula is C19H16BrN3O6S2. The van der Waals surface area contributed by atoms with Gasteiger partial charge >= 0.3 is 0 Å². The van der Waals surface area contributed by atoms with Gasteiger partial charge in [-0.1, -0.05) is 24.3 Å². The third-order valence-electron chi connectivity index (χ3n) is 4.30. The van der Waals surface area contributed by atoms with Crippen molar-refractivity contribution in [2.45, 2.75) is 14.4 Å². The number of rotatable bonds is 8. The Hall–Kier alpha value is -2.83. The third kappa shape index (κ3) is 5.09. The summed E-state index contributed by atoms with van der Waals surface area (Å²) in [6.45, 7) is -0.517. The predicted octanol–water partition coefficient (Wildman–Crippen LogP) is 3.44. The van der Waals surface area contributed by atoms with E-state index in [2.05, 4.69) is 26.2 Å². The van der Waals surface area contributed by atoms with Crippen LogP contribution >= 0.6 is 15.9 Å². The Morgan fingerprint density at radius 2 is 1.58 bits per heavy atom. The number of nitro groups is 1. The number of benzene rings is 2. The molecule has 2 aromatic carbocycles. The number of anilines is 1. The van der Waals surface area contributed by atoms with Gasteiger partial charge in [-0.3, -0.25) is 10.1 Å². The predicted molar refractivity (Wildman–Crippen MR) is 118 cm³/mol. The molecule has 0 amide bonds. The first-order valence-electron chi connectivity index (χ1n) is 8.75. The van der Waals surface area contributed by atoms with Crippen molar-refractivity contribution < 1.29 is 21.8 Å². The number of sulfone groups is 2. The number of pyridine rings is 1. The second-order valence-corrected chi connectivity index (χ2v) is 11.8. The zero-order chi connectivity index (χ0) is 22.6. The smallest absolute Gasteiger partial charge is 0.270 e. The lowest BCUT2D eigenvalue weighted by Gasteiger charge is -2.19. The summed E-state index contributed by atoms with van der Waals surface area (Å²) >= 11 is 3.23. The lowest BCUT2D eigenvalue weighted by Crippen LogP contribution is -2.37. The Balaban J connectivity index is 2.07. The molecule has 12 heteroatoms. The van der Waals surface area contributed by atoms with E-state index in [1.165, 1.54) is 36.5 Å². The van der Waals surface area contributed by atoms with Gasteiger partial charge in [0, 0.05) is 29.3 Å². The summed E-state index contributed by atoms with van der Waals surface area (Å²) in [5, 5.41) is 13.8. The molecular weight excluding hydrogens is 510 g/mol. The second-order valence-electron chi connectivity index (χ2n) is 6.33. The Morgan fingerprint density at radius 1 is 0.935 bits per heavy atom. The van der Waals surface area contributed by atoms with Crippen LogP contribution in [0.15, 0.2) is 87.2 Å². The number of aromatic nitrogens is 1. The van der Waals surface area contributed by atoms with Gasteiger partial charge in [0.05, 0.1) is 14.7 Å². The van der Waals surface area contributed by atoms with Crippen molar-refractivity contribution in [3.8, 4) is 0 Å². The van der Waals surface area contributed by atoms with Gasteiger partial charge in [-0.05, 0) is 46.3 Å². The van der Waals surface area contributed by atoms with Crippen LogP contribution in [-0.4, -0.2) is 37.9 Å². The zero-order valence-electron chi connectivity index (χ0n) is 15.8. The van der Waals surface area contributed by atoms with E-state index in [1.54, 1.807) is 18.2 Å². The fourth-order valence-corrected chi connectivity index (χ4v) is 7.28. The molecule has 0 saturated heterocycles. The molecule has 0 saturated carbocycles. The normalized spacial score (nSPS) is 12.8. The van der Waals surface area contributed by atoms with Gasteiger partial charge in [0.15, 0.2) is 24.3 Å². The third-order valence-corrected chi connectivity index (χ3v) is 9.85. The molecule has 0 aliphatic carbocycles. The van der Waals surface area contributed by atoms with Crippen molar-refractivity contribution in [2.24, 2.45) is 0 Å². The van der Waals surface area contributed by atoms with Crippen molar-refractivity contribution in [1.82, 2.24) is 4.98 Å². The van der Waals surface area contributed by atoms with Gasteiger partial charge in [-0.2, -0.15) is 0 Å². The monoisotopic (exact) mass is 525 g/mol. The molecule has 1 N–H and O–H groups in total. The van der Waals surface area contributed by atoms with Crippen LogP contribution in [0.25, 0.3) is 0 Å². The summed E-state index contributed by atoms with van der Waals surface area (Å²) in [5.74, 6) is 0.269. The van der Waals surface area contributed by atoms with Gasteiger partial charge in [0.25, 0.3) is 5.69 Å². The van der Waals surface area contributed by atoms with Crippen LogP contribution in [0.3, 0.4) is 0 Å². The highest BCUT2D eigenvalue weighted by atomic mass is 79.9. The number of hydrogen-bond acceptors (Lipinski definition) is 8. The maximum absolute atomic E-state index is 13.3. The largest absolute Gasteiger partial charge is 0.368 e. The van der Waals surface area contributed by atoms with Crippen LogP contribution in [0.1, 0.15) is 0 Å². The van der Waals surface area contributed by atoms with Gasteiger partial charge < -0.3 is 5.32 Å². The standard InChI is InChI=1S/C19H16BrN3O6S2/c20-14-9-10-18(21-12-14)22-13-19(30(26,27)16-6-2-1-3-7-16)31(28,29)17-8-4-5-15(11-17)23(24)25/h1-12,19H,13H2,(H,21,22). The summed E-state index contributed by atoms with van der Waals surface area (Å²) in [7, 11) is -8.91. The maximum Gasteiger partial charge on any atom is 0.270 e. The highest BCUT2D eigenvalue weighted by Gasteiger charge is 2.40. The molecule has 0 aliphatic heterocycles. The summed E-state index contributed by atoms with van der Waals surface area (Å²) in [5.41, 5.74) is -0.459. The first-order chi connectivity index (χ1) is 14.6. The van der Waals surface area contributed by atoms with Crippen LogP contribution < -0.4 is 5.32 Å². The van der Waals surface area contributed by atoms with E-state index in [1.807, 2.05) is 0 Å². The van der Waals surface area contributed by atoms with E-state index in [0.717, 1.165) is 18.2 Å². The Morgan fingerprint density at radius 3 is 2.19 bits per heavy atom. The number of nitro benzene ring substituents is 1. The first kappa shape index (κ1) is 22.8. The quantitative estimate of drug-likeness (QED) is 0.348. The van der Waals surface area contributed by atoms with Crippen molar-refractivity contribution in [3.63, 3.8) is 0 Å². The van der Waals surface area contributed by atoms with Crippen LogP contribution in [0.5, 0.6) is 0 Å². The SMILES string of the molecule is O=[N+]([O-])c1cccc(S(=O)(=O)C(CNc2ccc(Br)cn2)S(=O)(=O)c2ccccc2)c1. The Bertz CT molecular complexity index is 1300. The van der Waals surface area contributed by atoms with Crippen LogP contribution in [0, 0.1) is 10.1 Å². The van der Waals surface area contributed by atoms with Crippen molar-refractivity contribution in [2.75, 3.05) is 11.9 Å². The molecule has 0 bridgehead atoms. The van der Waals surface area contributed by atoms with E-state index in [9.17, 15) is 26.9 Å². The molecule has 1 unspecified atom stereocenters. The maximum atomic E-state index is 13.3. The van der Waals surface area contributed by atoms with Gasteiger partial charge in [0.1, 0.15) is 5.82 Å². The van der Waals surface area contributed by atoms with E-state index in [4.69, 9.17) is 0 Å². The molecule has 31 heavy (non-hydrogen) atoms. The lowest BCUT2D eigenvalue weighted by atomic mass is 10.3. The van der Waals surface area contributed by atoms with Crippen molar-refractivity contribution in [1.29, 1.82) is 0 Å². The van der Waals surface area contributed by atoms with E-state index >= 15 is 0 Å². The number of non-ortho nitro benzene ring substituents is 1. The average Bonchev–Trinajstić information content (AvgIpc) is 2.75. The van der Waals surface area contributed by atoms with Gasteiger partial charge in [-0.15, -0.1) is 0 Å². The lowest BCUT2D eigenvalue weighted by molar-refractivity contribution is -0.385. The number of nitrogens with one attached hydrogen (secondary N) is 1. The van der Waals surface area contributed by atoms with Crippen molar-refractivity contribution in [3.05, 3.63) is 87.5 Å². The molecule has 0 radical (unpaired) electrons. The highest BCUT2D eigenvalue weighted by molar-refractivity contribution is 9.10. The Labute approximate surface area is 187 Å². The molecule has 3 aromatic rings. The number of halogens is 1. The molecule has 0 fully saturated rings. The Kier molecular flexibility index (Phi) is 6.72. The molecule has 0 spiro atoms. The van der Waals surface area contributed by atoms with Gasteiger partial charge in [0.2, 0.25) is 0 Å². The first-order valence-corrected chi connectivity index (χ1v) is 12.6. The van der Waals surface area contributed by atoms with Crippen LogP contribution in [0.2, 0.25) is 0 Å². The van der Waals surface area contributed by atoms with Crippen molar-refractivity contribution >= 4 is 47.1 Å². The van der Waals surface area contributed by atoms with Crippen LogP contribution in [-0.2, 0) is 19.7 Å². The minimum absolute atomic E-state index is 0.181. The van der Waals surface area contributed by atoms with E-state index < -0.39 is 46.3 Å². The number of nitrogens with zero attached hydrogens (tertiary/aromatic N) is 2. The van der Waals surface area contributed by atoms with E-state index in [0.29, 0.717) is 4.47 Å². The molecule has 1 heterocycles. The fraction of sp³-hybridized carbons (Fsp3) is 0.105. The average molecular weight is 526 g/mol. The summed E-state index contributed by atoms with van der Waals surface area (Å²) in [6, 6.07) is 14.7. The minimum Gasteiger partial charge on any atom is -0.368 e. The number of hydrogen-bond donors (Lipinski definition) is 1. The molecule has 3 rings (SSSR count). The topological polar surface area (TPSA) is 136 Å². The zero-order valence-corrected chi connectivity index (χ0v) is 19.0. The van der Waals surface area contributed by atoms with Gasteiger partial charge in [-0.25, -0.2) is 21.8 Å². The molecule has 1 aromatic heterocycles. The molecule has 162 valence electrons.